The molecule has 3 rings (SSSR count). The normalized spacial score (nSPS) is 15.8. The Balaban J connectivity index is 1.65. The molecule has 25 heavy (non-hydrogen) atoms. The predicted octanol–water partition coefficient (Wildman–Crippen LogP) is 1.08. The molecule has 1 fully saturated rings. The number of aromatic nitrogens is 4. The number of tetrazole rings is 1. The smallest absolute Gasteiger partial charge is 0.251 e. The van der Waals surface area contributed by atoms with E-state index in [0.29, 0.717) is 23.5 Å². The van der Waals surface area contributed by atoms with Crippen molar-refractivity contribution in [2.75, 3.05) is 27.4 Å². The lowest BCUT2D eigenvalue weighted by molar-refractivity contribution is -0.224. The summed E-state index contributed by atoms with van der Waals surface area (Å²) < 4.78 is 23.6. The molecule has 134 valence electrons. The molecule has 0 saturated heterocycles. The molecule has 2 aromatic rings. The first-order chi connectivity index (χ1) is 12.1. The van der Waals surface area contributed by atoms with Crippen LogP contribution in [0.2, 0.25) is 0 Å². The highest BCUT2D eigenvalue weighted by Gasteiger charge is 2.48. The number of amides is 1. The summed E-state index contributed by atoms with van der Waals surface area (Å²) in [7, 11) is 2.74. The summed E-state index contributed by atoms with van der Waals surface area (Å²) in [5.41, 5.74) is 0.743. The van der Waals surface area contributed by atoms with Gasteiger partial charge in [0.1, 0.15) is 6.67 Å². The lowest BCUT2D eigenvalue weighted by Gasteiger charge is -2.28. The van der Waals surface area contributed by atoms with Crippen molar-refractivity contribution in [1.82, 2.24) is 25.9 Å². The SMILES string of the molecule is COC(CF)(OC)c1ccc(C(=O)NCC2(c3nn[nH]n3)CC2)cc1. The van der Waals surface area contributed by atoms with Crippen LogP contribution in [0.5, 0.6) is 0 Å². The number of halogens is 1. The van der Waals surface area contributed by atoms with Gasteiger partial charge in [0.25, 0.3) is 5.91 Å². The van der Waals surface area contributed by atoms with Crippen molar-refractivity contribution in [2.24, 2.45) is 0 Å². The van der Waals surface area contributed by atoms with Gasteiger partial charge >= 0.3 is 0 Å². The number of nitrogens with one attached hydrogen (secondary N) is 2. The summed E-state index contributed by atoms with van der Waals surface area (Å²) in [4.78, 5) is 12.3. The number of carbonyl (C=O) groups is 1. The third-order valence-corrected chi connectivity index (χ3v) is 4.68. The molecular weight excluding hydrogens is 329 g/mol. The fourth-order valence-electron chi connectivity index (χ4n) is 2.75. The first-order valence-corrected chi connectivity index (χ1v) is 7.88. The van der Waals surface area contributed by atoms with Gasteiger partial charge in [0.15, 0.2) is 5.82 Å². The van der Waals surface area contributed by atoms with Crippen molar-refractivity contribution in [3.8, 4) is 0 Å². The van der Waals surface area contributed by atoms with E-state index in [9.17, 15) is 9.18 Å². The minimum atomic E-state index is -1.45. The number of carbonyl (C=O) groups excluding carboxylic acids is 1. The molecule has 1 saturated carbocycles. The topological polar surface area (TPSA) is 102 Å². The Bertz CT molecular complexity index is 704. The summed E-state index contributed by atoms with van der Waals surface area (Å²) in [5.74, 6) is -1.05. The molecule has 0 atom stereocenters. The van der Waals surface area contributed by atoms with Gasteiger partial charge in [0, 0.05) is 31.9 Å². The molecular formula is C16H20FN5O3. The number of H-pyrrole nitrogens is 1. The van der Waals surface area contributed by atoms with Crippen LogP contribution in [0.4, 0.5) is 4.39 Å². The Morgan fingerprint density at radius 1 is 1.32 bits per heavy atom. The van der Waals surface area contributed by atoms with Gasteiger partial charge in [-0.25, -0.2) is 4.39 Å². The van der Waals surface area contributed by atoms with Crippen LogP contribution in [0.1, 0.15) is 34.6 Å². The fraction of sp³-hybridized carbons (Fsp3) is 0.500. The van der Waals surface area contributed by atoms with Crippen molar-refractivity contribution in [2.45, 2.75) is 24.0 Å². The van der Waals surface area contributed by atoms with E-state index in [2.05, 4.69) is 25.9 Å². The van der Waals surface area contributed by atoms with E-state index in [-0.39, 0.29) is 11.3 Å². The van der Waals surface area contributed by atoms with Crippen LogP contribution in [-0.4, -0.2) is 54.0 Å². The minimum absolute atomic E-state index is 0.220. The summed E-state index contributed by atoms with van der Waals surface area (Å²) in [6, 6.07) is 6.46. The number of ether oxygens (including phenoxy) is 2. The Kier molecular flexibility index (Phi) is 4.78. The monoisotopic (exact) mass is 349 g/mol. The fourth-order valence-corrected chi connectivity index (χ4v) is 2.75. The van der Waals surface area contributed by atoms with E-state index in [1.54, 1.807) is 24.3 Å². The lowest BCUT2D eigenvalue weighted by Crippen LogP contribution is -2.34. The Morgan fingerprint density at radius 3 is 2.48 bits per heavy atom. The van der Waals surface area contributed by atoms with Crippen LogP contribution in [0.15, 0.2) is 24.3 Å². The van der Waals surface area contributed by atoms with Gasteiger partial charge in [0.2, 0.25) is 5.79 Å². The molecule has 1 aliphatic carbocycles. The lowest BCUT2D eigenvalue weighted by atomic mass is 10.0. The van der Waals surface area contributed by atoms with Gasteiger partial charge in [-0.15, -0.1) is 10.2 Å². The second kappa shape index (κ2) is 6.85. The van der Waals surface area contributed by atoms with Gasteiger partial charge in [-0.2, -0.15) is 5.21 Å². The molecule has 0 bridgehead atoms. The summed E-state index contributed by atoms with van der Waals surface area (Å²) in [6.45, 7) is -0.392. The molecule has 8 nitrogen and oxygen atoms in total. The highest BCUT2D eigenvalue weighted by molar-refractivity contribution is 5.94. The molecule has 0 aliphatic heterocycles. The molecule has 0 unspecified atom stereocenters. The quantitative estimate of drug-likeness (QED) is 0.692. The van der Waals surface area contributed by atoms with Crippen molar-refractivity contribution in [3.63, 3.8) is 0 Å². The van der Waals surface area contributed by atoms with Gasteiger partial charge in [-0.3, -0.25) is 4.79 Å². The largest absolute Gasteiger partial charge is 0.351 e. The summed E-state index contributed by atoms with van der Waals surface area (Å²) in [6.07, 6.45) is 1.82. The second-order valence-corrected chi connectivity index (χ2v) is 6.07. The Hall–Kier alpha value is -2.39. The highest BCUT2D eigenvalue weighted by Crippen LogP contribution is 2.45. The predicted molar refractivity (Wildman–Crippen MR) is 85.5 cm³/mol. The van der Waals surface area contributed by atoms with E-state index in [4.69, 9.17) is 9.47 Å². The van der Waals surface area contributed by atoms with Crippen LogP contribution in [0, 0.1) is 0 Å². The number of hydrogen-bond donors (Lipinski definition) is 2. The molecule has 0 radical (unpaired) electrons. The maximum Gasteiger partial charge on any atom is 0.251 e. The maximum absolute atomic E-state index is 13.3. The van der Waals surface area contributed by atoms with Gasteiger partial charge < -0.3 is 14.8 Å². The van der Waals surface area contributed by atoms with E-state index in [0.717, 1.165) is 12.8 Å². The third kappa shape index (κ3) is 3.24. The average Bonchev–Trinajstić information content (AvgIpc) is 3.24. The second-order valence-electron chi connectivity index (χ2n) is 6.07. The number of benzene rings is 1. The summed E-state index contributed by atoms with van der Waals surface area (Å²) >= 11 is 0. The Morgan fingerprint density at radius 2 is 2.00 bits per heavy atom. The van der Waals surface area contributed by atoms with E-state index in [1.807, 2.05) is 0 Å². The van der Waals surface area contributed by atoms with Crippen LogP contribution in [0.3, 0.4) is 0 Å². The van der Waals surface area contributed by atoms with Crippen LogP contribution in [0.25, 0.3) is 0 Å². The van der Waals surface area contributed by atoms with Gasteiger partial charge in [0.05, 0.1) is 5.41 Å². The number of rotatable bonds is 8. The maximum atomic E-state index is 13.3. The first-order valence-electron chi connectivity index (χ1n) is 7.88. The molecule has 0 spiro atoms. The number of nitrogens with zero attached hydrogens (tertiary/aromatic N) is 3. The van der Waals surface area contributed by atoms with Crippen molar-refractivity contribution < 1.29 is 18.7 Å². The zero-order valence-corrected chi connectivity index (χ0v) is 14.1. The summed E-state index contributed by atoms with van der Waals surface area (Å²) in [5, 5.41) is 16.9. The average molecular weight is 349 g/mol. The number of methoxy groups -OCH3 is 2. The van der Waals surface area contributed by atoms with Crippen molar-refractivity contribution >= 4 is 5.91 Å². The van der Waals surface area contributed by atoms with Crippen molar-refractivity contribution in [3.05, 3.63) is 41.2 Å². The van der Waals surface area contributed by atoms with Crippen LogP contribution in [-0.2, 0) is 20.7 Å². The van der Waals surface area contributed by atoms with Crippen LogP contribution >= 0.6 is 0 Å². The van der Waals surface area contributed by atoms with E-state index in [1.165, 1.54) is 14.2 Å². The first kappa shape index (κ1) is 17.4. The van der Waals surface area contributed by atoms with Crippen molar-refractivity contribution in [1.29, 1.82) is 0 Å². The molecule has 1 aromatic carbocycles. The molecule has 1 heterocycles. The number of alkyl halides is 1. The third-order valence-electron chi connectivity index (χ3n) is 4.68. The zero-order valence-electron chi connectivity index (χ0n) is 14.1. The van der Waals surface area contributed by atoms with Crippen LogP contribution < -0.4 is 5.32 Å². The minimum Gasteiger partial charge on any atom is -0.351 e. The molecule has 1 amide bonds. The van der Waals surface area contributed by atoms with E-state index >= 15 is 0 Å². The number of hydrogen-bond acceptors (Lipinski definition) is 6. The number of aromatic amines is 1. The standard InChI is InChI=1S/C16H20FN5O3/c1-24-16(9-17,25-2)12-5-3-11(4-6-12)13(23)18-10-15(7-8-15)14-19-21-22-20-14/h3-6H,7-10H2,1-2H3,(H,18,23)(H,19,20,21,22). The van der Waals surface area contributed by atoms with Gasteiger partial charge in [-0.1, -0.05) is 17.3 Å². The highest BCUT2D eigenvalue weighted by atomic mass is 19.1. The van der Waals surface area contributed by atoms with Gasteiger partial charge in [-0.05, 0) is 25.0 Å². The molecule has 2 N–H and O–H groups in total. The molecule has 1 aliphatic rings. The van der Waals surface area contributed by atoms with E-state index < -0.39 is 12.5 Å². The molecule has 1 aromatic heterocycles. The zero-order chi connectivity index (χ0) is 17.9. The molecule has 9 heteroatoms. The Labute approximate surface area is 144 Å².